The molecule has 1 heterocycles. The van der Waals surface area contributed by atoms with E-state index in [4.69, 9.17) is 16.3 Å². The quantitative estimate of drug-likeness (QED) is 0.636. The molecule has 2 aromatic rings. The number of rotatable bonds is 3. The molecule has 0 aliphatic rings. The molecule has 4 nitrogen and oxygen atoms in total. The molecular weight excluding hydrogens is 259 g/mol. The molecule has 0 fully saturated rings. The Bertz CT molecular complexity index is 597. The molecule has 1 atom stereocenters. The lowest BCUT2D eigenvalue weighted by Crippen LogP contribution is -2.19. The summed E-state index contributed by atoms with van der Waals surface area (Å²) in [6.45, 7) is 1.69. The normalized spacial score (nSPS) is 12.7. The Balaban J connectivity index is 2.63. The minimum absolute atomic E-state index is 0.137. The zero-order valence-electron chi connectivity index (χ0n) is 9.98. The molecule has 0 aliphatic carbocycles. The van der Waals surface area contributed by atoms with E-state index in [1.807, 2.05) is 0 Å². The molecule has 1 aromatic heterocycles. The summed E-state index contributed by atoms with van der Waals surface area (Å²) >= 11 is 5.81. The summed E-state index contributed by atoms with van der Waals surface area (Å²) in [4.78, 5) is 15.8. The predicted molar refractivity (Wildman–Crippen MR) is 66.0 cm³/mol. The van der Waals surface area contributed by atoms with Gasteiger partial charge in [-0.05, 0) is 19.1 Å². The van der Waals surface area contributed by atoms with Crippen LogP contribution in [0.3, 0.4) is 0 Å². The van der Waals surface area contributed by atoms with Crippen molar-refractivity contribution in [2.24, 2.45) is 0 Å². The summed E-state index contributed by atoms with van der Waals surface area (Å²) in [6, 6.07) is 3.65. The monoisotopic (exact) mass is 270 g/mol. The molecule has 1 unspecified atom stereocenters. The van der Waals surface area contributed by atoms with E-state index in [1.54, 1.807) is 17.6 Å². The van der Waals surface area contributed by atoms with Gasteiger partial charge in [0, 0.05) is 6.07 Å². The summed E-state index contributed by atoms with van der Waals surface area (Å²) in [7, 11) is 1.32. The van der Waals surface area contributed by atoms with Crippen molar-refractivity contribution in [1.29, 1.82) is 0 Å². The Hall–Kier alpha value is -1.62. The highest BCUT2D eigenvalue weighted by Gasteiger charge is 2.21. The standard InChI is InChI=1S/C12H12ClFN2O2/c1-7(12(17)18-2)16-10-4-3-8(14)5-9(10)15-11(16)6-13/h3-5,7H,6H2,1-2H3. The van der Waals surface area contributed by atoms with Crippen LogP contribution in [0.1, 0.15) is 18.8 Å². The molecule has 0 saturated heterocycles. The number of hydrogen-bond acceptors (Lipinski definition) is 3. The van der Waals surface area contributed by atoms with Crippen LogP contribution in [0.25, 0.3) is 11.0 Å². The summed E-state index contributed by atoms with van der Waals surface area (Å²) in [5, 5.41) is 0. The van der Waals surface area contributed by atoms with Gasteiger partial charge in [-0.3, -0.25) is 0 Å². The number of hydrogen-bond donors (Lipinski definition) is 0. The van der Waals surface area contributed by atoms with Crippen molar-refractivity contribution in [1.82, 2.24) is 9.55 Å². The van der Waals surface area contributed by atoms with E-state index in [1.165, 1.54) is 19.2 Å². The number of nitrogens with zero attached hydrogens (tertiary/aromatic N) is 2. The minimum atomic E-state index is -0.556. The van der Waals surface area contributed by atoms with Crippen LogP contribution >= 0.6 is 11.6 Å². The van der Waals surface area contributed by atoms with Gasteiger partial charge in [0.25, 0.3) is 0 Å². The third kappa shape index (κ3) is 2.06. The van der Waals surface area contributed by atoms with Crippen molar-refractivity contribution in [2.45, 2.75) is 18.8 Å². The molecule has 6 heteroatoms. The Morgan fingerprint density at radius 1 is 1.61 bits per heavy atom. The first-order valence-electron chi connectivity index (χ1n) is 5.38. The van der Waals surface area contributed by atoms with Gasteiger partial charge in [-0.1, -0.05) is 0 Å². The van der Waals surface area contributed by atoms with Crippen molar-refractivity contribution >= 4 is 28.6 Å². The number of esters is 1. The highest BCUT2D eigenvalue weighted by molar-refractivity contribution is 6.16. The van der Waals surface area contributed by atoms with Crippen molar-refractivity contribution < 1.29 is 13.9 Å². The highest BCUT2D eigenvalue weighted by atomic mass is 35.5. The molecule has 1 aromatic carbocycles. The molecule has 0 saturated carbocycles. The van der Waals surface area contributed by atoms with E-state index in [0.717, 1.165) is 0 Å². The van der Waals surface area contributed by atoms with Crippen molar-refractivity contribution in [3.05, 3.63) is 29.8 Å². The molecule has 0 amide bonds. The maximum Gasteiger partial charge on any atom is 0.328 e. The Morgan fingerprint density at radius 2 is 2.33 bits per heavy atom. The van der Waals surface area contributed by atoms with Crippen molar-refractivity contribution in [3.63, 3.8) is 0 Å². The number of carbonyl (C=O) groups excluding carboxylic acids is 1. The van der Waals surface area contributed by atoms with E-state index in [0.29, 0.717) is 16.9 Å². The smallest absolute Gasteiger partial charge is 0.328 e. The van der Waals surface area contributed by atoms with Gasteiger partial charge >= 0.3 is 5.97 Å². The first kappa shape index (κ1) is 12.8. The molecule has 0 spiro atoms. The van der Waals surface area contributed by atoms with Crippen LogP contribution in [0.4, 0.5) is 4.39 Å². The first-order valence-corrected chi connectivity index (χ1v) is 5.92. The van der Waals surface area contributed by atoms with Gasteiger partial charge in [0.2, 0.25) is 0 Å². The van der Waals surface area contributed by atoms with E-state index < -0.39 is 12.0 Å². The largest absolute Gasteiger partial charge is 0.467 e. The third-order valence-corrected chi connectivity index (χ3v) is 3.01. The Morgan fingerprint density at radius 3 is 2.94 bits per heavy atom. The summed E-state index contributed by atoms with van der Waals surface area (Å²) in [5.74, 6) is -0.128. The van der Waals surface area contributed by atoms with E-state index >= 15 is 0 Å². The highest BCUT2D eigenvalue weighted by Crippen LogP contribution is 2.23. The van der Waals surface area contributed by atoms with Crippen LogP contribution in [0.15, 0.2) is 18.2 Å². The maximum atomic E-state index is 13.1. The number of imidazole rings is 1. The molecule has 96 valence electrons. The molecule has 0 N–H and O–H groups in total. The number of methoxy groups -OCH3 is 1. The lowest BCUT2D eigenvalue weighted by atomic mass is 10.2. The Kier molecular flexibility index (Phi) is 3.52. The van der Waals surface area contributed by atoms with E-state index in [9.17, 15) is 9.18 Å². The maximum absolute atomic E-state index is 13.1. The van der Waals surface area contributed by atoms with Gasteiger partial charge in [-0.25, -0.2) is 14.2 Å². The fourth-order valence-electron chi connectivity index (χ4n) is 1.92. The number of carbonyl (C=O) groups is 1. The second-order valence-corrected chi connectivity index (χ2v) is 4.13. The fourth-order valence-corrected chi connectivity index (χ4v) is 2.11. The number of halogens is 2. The molecule has 2 rings (SSSR count). The lowest BCUT2D eigenvalue weighted by Gasteiger charge is -2.14. The second-order valence-electron chi connectivity index (χ2n) is 3.86. The van der Waals surface area contributed by atoms with Crippen LogP contribution in [-0.4, -0.2) is 22.6 Å². The van der Waals surface area contributed by atoms with Crippen molar-refractivity contribution in [3.8, 4) is 0 Å². The molecular formula is C12H12ClFN2O2. The number of benzene rings is 1. The summed E-state index contributed by atoms with van der Waals surface area (Å²) in [6.07, 6.45) is 0. The van der Waals surface area contributed by atoms with Gasteiger partial charge in [0.05, 0.1) is 24.0 Å². The fraction of sp³-hybridized carbons (Fsp3) is 0.333. The predicted octanol–water partition coefficient (Wildman–Crippen LogP) is 2.65. The number of aromatic nitrogens is 2. The zero-order chi connectivity index (χ0) is 13.3. The summed E-state index contributed by atoms with van der Waals surface area (Å²) < 4.78 is 19.5. The number of fused-ring (bicyclic) bond motifs is 1. The Labute approximate surface area is 108 Å². The van der Waals surface area contributed by atoms with Crippen LogP contribution in [0.2, 0.25) is 0 Å². The number of alkyl halides is 1. The van der Waals surface area contributed by atoms with Gasteiger partial charge in [-0.15, -0.1) is 11.6 Å². The first-order chi connectivity index (χ1) is 8.58. The second kappa shape index (κ2) is 4.94. The topological polar surface area (TPSA) is 44.1 Å². The SMILES string of the molecule is COC(=O)C(C)n1c(CCl)nc2cc(F)ccc21. The van der Waals surface area contributed by atoms with Gasteiger partial charge in [0.1, 0.15) is 17.7 Å². The average molecular weight is 271 g/mol. The average Bonchev–Trinajstić information content (AvgIpc) is 2.74. The van der Waals surface area contributed by atoms with Crippen LogP contribution in [-0.2, 0) is 15.4 Å². The minimum Gasteiger partial charge on any atom is -0.467 e. The zero-order valence-corrected chi connectivity index (χ0v) is 10.7. The molecule has 18 heavy (non-hydrogen) atoms. The van der Waals surface area contributed by atoms with Crippen molar-refractivity contribution in [2.75, 3.05) is 7.11 Å². The van der Waals surface area contributed by atoms with Gasteiger partial charge in [-0.2, -0.15) is 0 Å². The molecule has 0 bridgehead atoms. The van der Waals surface area contributed by atoms with Crippen LogP contribution in [0.5, 0.6) is 0 Å². The molecule has 0 aliphatic heterocycles. The summed E-state index contributed by atoms with van der Waals surface area (Å²) in [5.41, 5.74) is 1.13. The van der Waals surface area contributed by atoms with E-state index in [-0.39, 0.29) is 11.7 Å². The van der Waals surface area contributed by atoms with E-state index in [2.05, 4.69) is 4.98 Å². The van der Waals surface area contributed by atoms with Crippen LogP contribution < -0.4 is 0 Å². The van der Waals surface area contributed by atoms with Gasteiger partial charge < -0.3 is 9.30 Å². The third-order valence-electron chi connectivity index (χ3n) is 2.77. The number of ether oxygens (including phenoxy) is 1. The lowest BCUT2D eigenvalue weighted by molar-refractivity contribution is -0.143. The van der Waals surface area contributed by atoms with Crippen LogP contribution in [0, 0.1) is 5.82 Å². The van der Waals surface area contributed by atoms with Gasteiger partial charge in [0.15, 0.2) is 0 Å². The molecule has 0 radical (unpaired) electrons.